The molecule has 0 unspecified atom stereocenters. The van der Waals surface area contributed by atoms with Crippen LogP contribution >= 0.6 is 0 Å². The minimum atomic E-state index is -1.37. The summed E-state index contributed by atoms with van der Waals surface area (Å²) in [6.07, 6.45) is 0.217. The summed E-state index contributed by atoms with van der Waals surface area (Å²) in [5.41, 5.74) is -0.953. The number of rotatable bonds is 5. The van der Waals surface area contributed by atoms with Gasteiger partial charge in [0.25, 0.3) is 5.91 Å². The second kappa shape index (κ2) is 7.51. The van der Waals surface area contributed by atoms with E-state index in [1.807, 2.05) is 0 Å². The van der Waals surface area contributed by atoms with Gasteiger partial charge in [0, 0.05) is 6.04 Å². The van der Waals surface area contributed by atoms with Crippen molar-refractivity contribution >= 4 is 23.9 Å². The zero-order valence-corrected chi connectivity index (χ0v) is 14.8. The Morgan fingerprint density at radius 2 is 1.85 bits per heavy atom. The van der Waals surface area contributed by atoms with Crippen molar-refractivity contribution in [2.75, 3.05) is 6.54 Å². The Morgan fingerprint density at radius 3 is 2.38 bits per heavy atom. The van der Waals surface area contributed by atoms with Gasteiger partial charge in [-0.15, -0.1) is 0 Å². The van der Waals surface area contributed by atoms with Crippen molar-refractivity contribution in [3.63, 3.8) is 0 Å². The fourth-order valence-electron chi connectivity index (χ4n) is 2.75. The van der Waals surface area contributed by atoms with Crippen LogP contribution in [0.2, 0.25) is 0 Å². The molecule has 1 atom stereocenters. The Balaban J connectivity index is 2.15. The van der Waals surface area contributed by atoms with E-state index in [-0.39, 0.29) is 12.5 Å². The number of urea groups is 2. The van der Waals surface area contributed by atoms with E-state index in [0.717, 1.165) is 4.90 Å². The molecular weight excluding hydrogens is 343 g/mol. The maximum absolute atomic E-state index is 13.2. The molecule has 0 aliphatic carbocycles. The first-order valence-electron chi connectivity index (χ1n) is 8.20. The van der Waals surface area contributed by atoms with Crippen molar-refractivity contribution in [1.82, 2.24) is 20.9 Å². The van der Waals surface area contributed by atoms with E-state index in [1.54, 1.807) is 20.8 Å². The normalized spacial score (nSPS) is 19.5. The molecule has 1 heterocycles. The highest BCUT2D eigenvalue weighted by Crippen LogP contribution is 2.32. The summed E-state index contributed by atoms with van der Waals surface area (Å²) in [4.78, 5) is 49.3. The van der Waals surface area contributed by atoms with Crippen LogP contribution in [-0.2, 0) is 15.1 Å². The van der Waals surface area contributed by atoms with E-state index >= 15 is 0 Å². The molecule has 0 bridgehead atoms. The van der Waals surface area contributed by atoms with Gasteiger partial charge in [-0.05, 0) is 38.0 Å². The van der Waals surface area contributed by atoms with Crippen molar-refractivity contribution in [3.8, 4) is 0 Å². The zero-order chi connectivity index (χ0) is 19.5. The van der Waals surface area contributed by atoms with Gasteiger partial charge in [0.05, 0.1) is 0 Å². The highest BCUT2D eigenvalue weighted by Gasteiger charge is 2.51. The number of benzene rings is 1. The van der Waals surface area contributed by atoms with Gasteiger partial charge < -0.3 is 10.6 Å². The van der Waals surface area contributed by atoms with Crippen molar-refractivity contribution in [2.45, 2.75) is 38.8 Å². The standard InChI is InChI=1S/C17H21FN4O4/c1-4-17(11-5-7-12(18)8-6-11)14(24)22(16(26)21-17)9-13(23)20-15(25)19-10(2)3/h5-8,10H,4,9H2,1-3H3,(H,21,26)(H2,19,20,23,25)/t17-/m1/s1. The smallest absolute Gasteiger partial charge is 0.325 e. The molecular formula is C17H21FN4O4. The molecule has 6 amide bonds. The lowest BCUT2D eigenvalue weighted by molar-refractivity contribution is -0.135. The summed E-state index contributed by atoms with van der Waals surface area (Å²) >= 11 is 0. The van der Waals surface area contributed by atoms with E-state index in [1.165, 1.54) is 24.3 Å². The van der Waals surface area contributed by atoms with Crippen molar-refractivity contribution in [3.05, 3.63) is 35.6 Å². The average molecular weight is 364 g/mol. The van der Waals surface area contributed by atoms with Gasteiger partial charge in [0.15, 0.2) is 0 Å². The van der Waals surface area contributed by atoms with E-state index < -0.39 is 41.8 Å². The van der Waals surface area contributed by atoms with Gasteiger partial charge in [-0.2, -0.15) is 0 Å². The lowest BCUT2D eigenvalue weighted by Crippen LogP contribution is -2.48. The molecule has 1 saturated heterocycles. The van der Waals surface area contributed by atoms with Crippen molar-refractivity contribution in [2.24, 2.45) is 0 Å². The fraction of sp³-hybridized carbons (Fsp3) is 0.412. The molecule has 0 radical (unpaired) electrons. The van der Waals surface area contributed by atoms with Crippen LogP contribution in [0, 0.1) is 5.82 Å². The first kappa shape index (κ1) is 19.4. The summed E-state index contributed by atoms with van der Waals surface area (Å²) in [7, 11) is 0. The predicted octanol–water partition coefficient (Wildman–Crippen LogP) is 1.22. The number of carbonyl (C=O) groups is 4. The predicted molar refractivity (Wildman–Crippen MR) is 90.4 cm³/mol. The molecule has 3 N–H and O–H groups in total. The molecule has 1 aromatic carbocycles. The molecule has 8 nitrogen and oxygen atoms in total. The van der Waals surface area contributed by atoms with Crippen LogP contribution in [0.4, 0.5) is 14.0 Å². The molecule has 1 fully saturated rings. The monoisotopic (exact) mass is 364 g/mol. The number of imide groups is 2. The van der Waals surface area contributed by atoms with Crippen LogP contribution in [0.25, 0.3) is 0 Å². The molecule has 1 aromatic rings. The Labute approximate surface area is 150 Å². The number of hydrogen-bond donors (Lipinski definition) is 3. The minimum absolute atomic E-state index is 0.175. The Morgan fingerprint density at radius 1 is 1.23 bits per heavy atom. The summed E-state index contributed by atoms with van der Waals surface area (Å²) < 4.78 is 13.2. The van der Waals surface area contributed by atoms with Crippen molar-refractivity contribution in [1.29, 1.82) is 0 Å². The molecule has 0 aromatic heterocycles. The number of nitrogens with one attached hydrogen (secondary N) is 3. The van der Waals surface area contributed by atoms with E-state index in [4.69, 9.17) is 0 Å². The van der Waals surface area contributed by atoms with Crippen LogP contribution in [0.1, 0.15) is 32.8 Å². The van der Waals surface area contributed by atoms with E-state index in [0.29, 0.717) is 5.56 Å². The summed E-state index contributed by atoms with van der Waals surface area (Å²) in [5.74, 6) is -1.89. The van der Waals surface area contributed by atoms with Gasteiger partial charge in [-0.3, -0.25) is 19.8 Å². The molecule has 0 spiro atoms. The Bertz CT molecular complexity index is 735. The maximum Gasteiger partial charge on any atom is 0.325 e. The summed E-state index contributed by atoms with van der Waals surface area (Å²) in [5, 5.41) is 7.11. The first-order valence-corrected chi connectivity index (χ1v) is 8.20. The van der Waals surface area contributed by atoms with Gasteiger partial charge in [0.2, 0.25) is 5.91 Å². The van der Waals surface area contributed by atoms with Crippen LogP contribution < -0.4 is 16.0 Å². The molecule has 9 heteroatoms. The minimum Gasteiger partial charge on any atom is -0.336 e. The van der Waals surface area contributed by atoms with E-state index in [9.17, 15) is 23.6 Å². The third-order valence-electron chi connectivity index (χ3n) is 4.02. The number of amides is 6. The van der Waals surface area contributed by atoms with E-state index in [2.05, 4.69) is 16.0 Å². The molecule has 1 aliphatic heterocycles. The van der Waals surface area contributed by atoms with Crippen molar-refractivity contribution < 1.29 is 23.6 Å². The molecule has 140 valence electrons. The number of carbonyl (C=O) groups excluding carboxylic acids is 4. The first-order chi connectivity index (χ1) is 12.2. The van der Waals surface area contributed by atoms with Gasteiger partial charge >= 0.3 is 12.1 Å². The van der Waals surface area contributed by atoms with Gasteiger partial charge in [-0.25, -0.2) is 14.0 Å². The second-order valence-corrected chi connectivity index (χ2v) is 6.26. The highest BCUT2D eigenvalue weighted by molar-refractivity contribution is 6.10. The third kappa shape index (κ3) is 3.81. The molecule has 26 heavy (non-hydrogen) atoms. The largest absolute Gasteiger partial charge is 0.336 e. The maximum atomic E-state index is 13.2. The Hall–Kier alpha value is -2.97. The number of nitrogens with zero attached hydrogens (tertiary/aromatic N) is 1. The van der Waals surface area contributed by atoms with Gasteiger partial charge in [0.1, 0.15) is 17.9 Å². The SMILES string of the molecule is CC[C@]1(c2ccc(F)cc2)NC(=O)N(CC(=O)NC(=O)NC(C)C)C1=O. The van der Waals surface area contributed by atoms with Gasteiger partial charge in [-0.1, -0.05) is 19.1 Å². The second-order valence-electron chi connectivity index (χ2n) is 6.26. The summed E-state index contributed by atoms with van der Waals surface area (Å²) in [6, 6.07) is 3.58. The molecule has 0 saturated carbocycles. The lowest BCUT2D eigenvalue weighted by Gasteiger charge is -2.25. The third-order valence-corrected chi connectivity index (χ3v) is 4.02. The Kier molecular flexibility index (Phi) is 5.59. The summed E-state index contributed by atoms with van der Waals surface area (Å²) in [6.45, 7) is 4.54. The molecule has 2 rings (SSSR count). The average Bonchev–Trinajstić information content (AvgIpc) is 2.79. The highest BCUT2D eigenvalue weighted by atomic mass is 19.1. The fourth-order valence-corrected chi connectivity index (χ4v) is 2.75. The van der Waals surface area contributed by atoms with Crippen LogP contribution in [-0.4, -0.2) is 41.4 Å². The van der Waals surface area contributed by atoms with Crippen LogP contribution in [0.5, 0.6) is 0 Å². The zero-order valence-electron chi connectivity index (χ0n) is 14.8. The topological polar surface area (TPSA) is 108 Å². The quantitative estimate of drug-likeness (QED) is 0.683. The lowest BCUT2D eigenvalue weighted by atomic mass is 9.87. The van der Waals surface area contributed by atoms with Crippen LogP contribution in [0.15, 0.2) is 24.3 Å². The molecule has 1 aliphatic rings. The number of halogens is 1. The number of hydrogen-bond acceptors (Lipinski definition) is 4. The van der Waals surface area contributed by atoms with Crippen LogP contribution in [0.3, 0.4) is 0 Å².